The van der Waals surface area contributed by atoms with Crippen molar-refractivity contribution in [2.75, 3.05) is 18.9 Å². The Hall–Kier alpha value is -3.91. The van der Waals surface area contributed by atoms with Crippen LogP contribution in [0.15, 0.2) is 73.6 Å². The Balaban J connectivity index is 1.37. The van der Waals surface area contributed by atoms with Crippen molar-refractivity contribution >= 4 is 39.6 Å². The van der Waals surface area contributed by atoms with Crippen LogP contribution >= 0.6 is 12.2 Å². The number of pyridine rings is 2. The van der Waals surface area contributed by atoms with Crippen LogP contribution in [-0.4, -0.2) is 42.9 Å². The van der Waals surface area contributed by atoms with Crippen LogP contribution in [0.1, 0.15) is 24.0 Å². The third-order valence-electron chi connectivity index (χ3n) is 5.75. The lowest BCUT2D eigenvalue weighted by molar-refractivity contribution is 0.806. The molecule has 0 aliphatic heterocycles. The summed E-state index contributed by atoms with van der Waals surface area (Å²) in [7, 11) is 1.84. The summed E-state index contributed by atoms with van der Waals surface area (Å²) in [4.78, 5) is 18.6. The number of anilines is 1. The number of hydrogen-bond acceptors (Lipinski definition) is 6. The van der Waals surface area contributed by atoms with Crippen LogP contribution < -0.4 is 10.6 Å². The Morgan fingerprint density at radius 1 is 1.03 bits per heavy atom. The van der Waals surface area contributed by atoms with Gasteiger partial charge < -0.3 is 15.0 Å². The molecule has 0 aliphatic rings. The van der Waals surface area contributed by atoms with Gasteiger partial charge in [0.05, 0.1) is 11.2 Å². The third-order valence-corrected chi connectivity index (χ3v) is 6.18. The number of para-hydroxylation sites is 1. The molecule has 4 aromatic heterocycles. The molecule has 0 amide bonds. The van der Waals surface area contributed by atoms with Gasteiger partial charge in [-0.05, 0) is 23.8 Å². The fourth-order valence-corrected chi connectivity index (χ4v) is 4.16. The third kappa shape index (κ3) is 4.12. The second-order valence-electron chi connectivity index (χ2n) is 7.86. The number of fused-ring (bicyclic) bond motifs is 2. The largest absolute Gasteiger partial charge is 0.379 e. The number of imidazole rings is 1. The number of hydrogen-bond donors (Lipinski definition) is 2. The van der Waals surface area contributed by atoms with Gasteiger partial charge in [0.15, 0.2) is 0 Å². The van der Waals surface area contributed by atoms with E-state index in [1.165, 1.54) is 5.56 Å². The molecule has 1 aromatic carbocycles. The van der Waals surface area contributed by atoms with E-state index in [0.717, 1.165) is 39.2 Å². The minimum Gasteiger partial charge on any atom is -0.379 e. The molecule has 0 bridgehead atoms. The zero-order valence-electron chi connectivity index (χ0n) is 18.4. The summed E-state index contributed by atoms with van der Waals surface area (Å²) in [6, 6.07) is 14.2. The van der Waals surface area contributed by atoms with Gasteiger partial charge in [0.1, 0.15) is 22.8 Å². The molecule has 0 unspecified atom stereocenters. The maximum Gasteiger partial charge on any atom is 0.137 e. The molecule has 1 atom stereocenters. The van der Waals surface area contributed by atoms with Crippen LogP contribution in [0.5, 0.6) is 0 Å². The van der Waals surface area contributed by atoms with Gasteiger partial charge >= 0.3 is 0 Å². The molecule has 4 heterocycles. The summed E-state index contributed by atoms with van der Waals surface area (Å²) >= 11 is 5.48. The van der Waals surface area contributed by atoms with E-state index in [0.29, 0.717) is 11.5 Å². The molecule has 5 aromatic rings. The summed E-state index contributed by atoms with van der Waals surface area (Å²) < 4.78 is 1.97. The van der Waals surface area contributed by atoms with Crippen molar-refractivity contribution in [2.24, 2.45) is 0 Å². The molecular formula is C25H23N7S. The summed E-state index contributed by atoms with van der Waals surface area (Å²) in [6.45, 7) is 2.89. The van der Waals surface area contributed by atoms with Crippen LogP contribution in [0.2, 0.25) is 0 Å². The molecule has 164 valence electrons. The lowest BCUT2D eigenvalue weighted by atomic mass is 9.96. The van der Waals surface area contributed by atoms with E-state index in [1.807, 2.05) is 54.3 Å². The first-order chi connectivity index (χ1) is 16.1. The Morgan fingerprint density at radius 2 is 1.94 bits per heavy atom. The molecular weight excluding hydrogens is 430 g/mol. The first-order valence-electron chi connectivity index (χ1n) is 10.7. The normalized spacial score (nSPS) is 12.1. The minimum absolute atomic E-state index is 0.208. The predicted molar refractivity (Wildman–Crippen MR) is 136 cm³/mol. The molecule has 0 saturated heterocycles. The number of aromatic nitrogens is 5. The Morgan fingerprint density at radius 3 is 2.82 bits per heavy atom. The summed E-state index contributed by atoms with van der Waals surface area (Å²) in [5, 5.41) is 7.58. The minimum atomic E-state index is 0.208. The van der Waals surface area contributed by atoms with Gasteiger partial charge in [-0.3, -0.25) is 4.98 Å². The lowest BCUT2D eigenvalue weighted by Crippen LogP contribution is -2.17. The maximum atomic E-state index is 5.48. The van der Waals surface area contributed by atoms with Gasteiger partial charge in [0, 0.05) is 66.9 Å². The molecule has 33 heavy (non-hydrogen) atoms. The molecule has 0 spiro atoms. The van der Waals surface area contributed by atoms with E-state index in [9.17, 15) is 0 Å². The first-order valence-corrected chi connectivity index (χ1v) is 11.1. The average Bonchev–Trinajstić information content (AvgIpc) is 3.34. The highest BCUT2D eigenvalue weighted by atomic mass is 32.1. The number of rotatable bonds is 6. The molecule has 0 radical (unpaired) electrons. The van der Waals surface area contributed by atoms with Crippen LogP contribution in [0.25, 0.3) is 27.8 Å². The van der Waals surface area contributed by atoms with E-state index in [1.54, 1.807) is 12.5 Å². The van der Waals surface area contributed by atoms with E-state index in [-0.39, 0.29) is 5.92 Å². The quantitative estimate of drug-likeness (QED) is 0.368. The first kappa shape index (κ1) is 21.0. The summed E-state index contributed by atoms with van der Waals surface area (Å²) in [6.07, 6.45) is 9.09. The second-order valence-corrected chi connectivity index (χ2v) is 8.27. The molecule has 0 aliphatic carbocycles. The highest BCUT2D eigenvalue weighted by Gasteiger charge is 2.14. The standard InChI is InChI=1S/C25H23N7S/c1-16(18-4-3-5-19-20(25(33)26-2)6-8-28-24(18)19)14-29-22-13-21(30-15-31-22)17-7-10-32-11-9-27-23(32)12-17/h3-13,15-16H,14H2,1-2H3,(H,26,33)(H,29,30,31)/t16-/m0/s1. The highest BCUT2D eigenvalue weighted by Crippen LogP contribution is 2.27. The monoisotopic (exact) mass is 453 g/mol. The highest BCUT2D eigenvalue weighted by molar-refractivity contribution is 7.80. The van der Waals surface area contributed by atoms with Gasteiger partial charge in [0.2, 0.25) is 0 Å². The van der Waals surface area contributed by atoms with E-state index < -0.39 is 0 Å². The molecule has 0 fully saturated rings. The Kier molecular flexibility index (Phi) is 5.66. The smallest absolute Gasteiger partial charge is 0.137 e. The van der Waals surface area contributed by atoms with E-state index in [4.69, 9.17) is 12.2 Å². The topological polar surface area (TPSA) is 80.0 Å². The molecule has 5 rings (SSSR count). The van der Waals surface area contributed by atoms with Crippen LogP contribution in [0.4, 0.5) is 5.82 Å². The summed E-state index contributed by atoms with van der Waals surface area (Å²) in [5.41, 5.74) is 5.86. The Labute approximate surface area is 197 Å². The van der Waals surface area contributed by atoms with Crippen molar-refractivity contribution in [2.45, 2.75) is 12.8 Å². The van der Waals surface area contributed by atoms with Crippen molar-refractivity contribution in [1.82, 2.24) is 29.7 Å². The zero-order chi connectivity index (χ0) is 22.8. The maximum absolute atomic E-state index is 5.48. The van der Waals surface area contributed by atoms with Crippen molar-refractivity contribution in [3.05, 3.63) is 84.7 Å². The number of nitrogens with one attached hydrogen (secondary N) is 2. The van der Waals surface area contributed by atoms with Crippen LogP contribution in [0, 0.1) is 0 Å². The molecule has 7 nitrogen and oxygen atoms in total. The van der Waals surface area contributed by atoms with Crippen LogP contribution in [-0.2, 0) is 0 Å². The second kappa shape index (κ2) is 8.91. The Bertz CT molecular complexity index is 1460. The average molecular weight is 454 g/mol. The predicted octanol–water partition coefficient (Wildman–Crippen LogP) is 4.45. The molecule has 8 heteroatoms. The fourth-order valence-electron chi connectivity index (χ4n) is 3.98. The van der Waals surface area contributed by atoms with Crippen molar-refractivity contribution in [1.29, 1.82) is 0 Å². The van der Waals surface area contributed by atoms with E-state index in [2.05, 4.69) is 55.7 Å². The van der Waals surface area contributed by atoms with Gasteiger partial charge in [-0.25, -0.2) is 15.0 Å². The van der Waals surface area contributed by atoms with Crippen molar-refractivity contribution in [3.63, 3.8) is 0 Å². The van der Waals surface area contributed by atoms with Gasteiger partial charge in [-0.15, -0.1) is 0 Å². The molecule has 0 saturated carbocycles. The molecule has 2 N–H and O–H groups in total. The number of thiocarbonyl (C=S) groups is 1. The van der Waals surface area contributed by atoms with Gasteiger partial charge in [-0.2, -0.15) is 0 Å². The number of nitrogens with zero attached hydrogens (tertiary/aromatic N) is 5. The van der Waals surface area contributed by atoms with Crippen molar-refractivity contribution < 1.29 is 0 Å². The number of benzene rings is 1. The van der Waals surface area contributed by atoms with Crippen molar-refractivity contribution in [3.8, 4) is 11.3 Å². The SMILES string of the molecule is CNC(=S)c1ccnc2c([C@@H](C)CNc3cc(-c4ccn5ccnc5c4)ncn3)cccc12. The summed E-state index contributed by atoms with van der Waals surface area (Å²) in [5.74, 6) is 0.986. The fraction of sp³-hybridized carbons (Fsp3) is 0.160. The zero-order valence-corrected chi connectivity index (χ0v) is 19.2. The lowest BCUT2D eigenvalue weighted by Gasteiger charge is -2.17. The van der Waals surface area contributed by atoms with Gasteiger partial charge in [-0.1, -0.05) is 37.3 Å². The van der Waals surface area contributed by atoms with E-state index >= 15 is 0 Å². The van der Waals surface area contributed by atoms with Gasteiger partial charge in [0.25, 0.3) is 0 Å². The van der Waals surface area contributed by atoms with Crippen LogP contribution in [0.3, 0.4) is 0 Å².